The molecule has 1 aliphatic rings. The maximum Gasteiger partial charge on any atom is 0.223 e. The van der Waals surface area contributed by atoms with Crippen LogP contribution in [0.25, 0.3) is 0 Å². The van der Waals surface area contributed by atoms with Crippen LogP contribution >= 0.6 is 11.6 Å². The molecule has 1 aliphatic carbocycles. The lowest BCUT2D eigenvalue weighted by Gasteiger charge is -2.25. The summed E-state index contributed by atoms with van der Waals surface area (Å²) < 4.78 is 0. The summed E-state index contributed by atoms with van der Waals surface area (Å²) in [5, 5.41) is 2.73. The molecule has 0 bridgehead atoms. The van der Waals surface area contributed by atoms with Gasteiger partial charge in [-0.05, 0) is 19.3 Å². The van der Waals surface area contributed by atoms with Gasteiger partial charge in [-0.25, -0.2) is 0 Å². The zero-order chi connectivity index (χ0) is 9.14. The summed E-state index contributed by atoms with van der Waals surface area (Å²) in [4.78, 5) is 11.2. The molecular formula is C9H14ClNO. The lowest BCUT2D eigenvalue weighted by molar-refractivity contribution is -0.124. The second-order valence-electron chi connectivity index (χ2n) is 3.30. The van der Waals surface area contributed by atoms with Gasteiger partial charge in [0.25, 0.3) is 0 Å². The monoisotopic (exact) mass is 187 g/mol. The molecule has 0 heterocycles. The molecule has 2 atom stereocenters. The summed E-state index contributed by atoms with van der Waals surface area (Å²) in [5.41, 5.74) is 1.09. The summed E-state index contributed by atoms with van der Waals surface area (Å²) in [7, 11) is 1.66. The normalized spacial score (nSPS) is 30.0. The third-order valence-electron chi connectivity index (χ3n) is 2.20. The van der Waals surface area contributed by atoms with Crippen molar-refractivity contribution in [2.24, 2.45) is 5.92 Å². The van der Waals surface area contributed by atoms with Crippen LogP contribution in [-0.2, 0) is 4.79 Å². The van der Waals surface area contributed by atoms with Crippen molar-refractivity contribution < 1.29 is 4.79 Å². The average Bonchev–Trinajstić information content (AvgIpc) is 2.01. The van der Waals surface area contributed by atoms with Crippen LogP contribution in [0.3, 0.4) is 0 Å². The SMILES string of the molecule is C=C1CC(Cl)CC(C(=O)NC)C1. The first-order valence-corrected chi connectivity index (χ1v) is 4.59. The molecule has 0 aromatic rings. The van der Waals surface area contributed by atoms with Crippen molar-refractivity contribution in [1.29, 1.82) is 0 Å². The second-order valence-corrected chi connectivity index (χ2v) is 3.92. The Morgan fingerprint density at radius 2 is 2.33 bits per heavy atom. The van der Waals surface area contributed by atoms with Gasteiger partial charge >= 0.3 is 0 Å². The first-order chi connectivity index (χ1) is 5.63. The standard InChI is InChI=1S/C9H14ClNO/c1-6-3-7(9(12)11-2)5-8(10)4-6/h7-8H,1,3-5H2,2H3,(H,11,12). The number of nitrogens with one attached hydrogen (secondary N) is 1. The van der Waals surface area contributed by atoms with E-state index in [1.54, 1.807) is 7.05 Å². The van der Waals surface area contributed by atoms with Crippen molar-refractivity contribution in [3.63, 3.8) is 0 Å². The van der Waals surface area contributed by atoms with Gasteiger partial charge in [0.05, 0.1) is 0 Å². The average molecular weight is 188 g/mol. The van der Waals surface area contributed by atoms with Crippen LogP contribution in [-0.4, -0.2) is 18.3 Å². The topological polar surface area (TPSA) is 29.1 Å². The molecule has 1 rings (SSSR count). The Balaban J connectivity index is 2.55. The third kappa shape index (κ3) is 2.24. The Kier molecular flexibility index (Phi) is 3.15. The Morgan fingerprint density at radius 3 is 2.83 bits per heavy atom. The zero-order valence-corrected chi connectivity index (χ0v) is 8.03. The van der Waals surface area contributed by atoms with Crippen molar-refractivity contribution in [3.05, 3.63) is 12.2 Å². The van der Waals surface area contributed by atoms with Crippen molar-refractivity contribution >= 4 is 17.5 Å². The van der Waals surface area contributed by atoms with E-state index < -0.39 is 0 Å². The highest BCUT2D eigenvalue weighted by molar-refractivity contribution is 6.21. The molecular weight excluding hydrogens is 174 g/mol. The van der Waals surface area contributed by atoms with Crippen molar-refractivity contribution in [2.45, 2.75) is 24.6 Å². The lowest BCUT2D eigenvalue weighted by Crippen LogP contribution is -2.32. The minimum absolute atomic E-state index is 0.0405. The van der Waals surface area contributed by atoms with Crippen LogP contribution in [0.15, 0.2) is 12.2 Å². The van der Waals surface area contributed by atoms with Gasteiger partial charge in [-0.1, -0.05) is 12.2 Å². The van der Waals surface area contributed by atoms with E-state index in [1.165, 1.54) is 0 Å². The van der Waals surface area contributed by atoms with Crippen LogP contribution in [0.5, 0.6) is 0 Å². The number of alkyl halides is 1. The summed E-state index contributed by atoms with van der Waals surface area (Å²) in [6, 6.07) is 0. The fourth-order valence-electron chi connectivity index (χ4n) is 1.62. The van der Waals surface area contributed by atoms with Crippen molar-refractivity contribution in [3.8, 4) is 0 Å². The second kappa shape index (κ2) is 3.94. The minimum atomic E-state index is 0.0405. The van der Waals surface area contributed by atoms with Crippen LogP contribution in [0.2, 0.25) is 0 Å². The van der Waals surface area contributed by atoms with Crippen LogP contribution in [0.4, 0.5) is 0 Å². The molecule has 0 aromatic carbocycles. The first-order valence-electron chi connectivity index (χ1n) is 4.15. The Labute approximate surface area is 78.0 Å². The molecule has 3 heteroatoms. The predicted molar refractivity (Wildman–Crippen MR) is 50.2 cm³/mol. The fraction of sp³-hybridized carbons (Fsp3) is 0.667. The number of allylic oxidation sites excluding steroid dienone is 1. The van der Waals surface area contributed by atoms with Gasteiger partial charge in [-0.15, -0.1) is 11.6 Å². The number of carbonyl (C=O) groups is 1. The number of hydrogen-bond acceptors (Lipinski definition) is 1. The number of carbonyl (C=O) groups excluding carboxylic acids is 1. The first kappa shape index (κ1) is 9.59. The molecule has 0 radical (unpaired) electrons. The Hall–Kier alpha value is -0.500. The van der Waals surface area contributed by atoms with Gasteiger partial charge in [0.15, 0.2) is 0 Å². The van der Waals surface area contributed by atoms with Crippen molar-refractivity contribution in [1.82, 2.24) is 5.32 Å². The van der Waals surface area contributed by atoms with Gasteiger partial charge in [0, 0.05) is 18.3 Å². The molecule has 0 saturated heterocycles. The summed E-state index contributed by atoms with van der Waals surface area (Å²) in [6.07, 6.45) is 2.43. The number of hydrogen-bond donors (Lipinski definition) is 1. The predicted octanol–water partition coefficient (Wildman–Crippen LogP) is 1.70. The van der Waals surface area contributed by atoms with E-state index in [1.807, 2.05) is 0 Å². The van der Waals surface area contributed by atoms with E-state index in [0.717, 1.165) is 24.8 Å². The highest BCUT2D eigenvalue weighted by Crippen LogP contribution is 2.30. The molecule has 0 aromatic heterocycles. The minimum Gasteiger partial charge on any atom is -0.359 e. The maximum absolute atomic E-state index is 11.2. The third-order valence-corrected chi connectivity index (χ3v) is 2.54. The Bertz CT molecular complexity index is 203. The van der Waals surface area contributed by atoms with Crippen LogP contribution in [0.1, 0.15) is 19.3 Å². The molecule has 2 nitrogen and oxygen atoms in total. The van der Waals surface area contributed by atoms with E-state index in [-0.39, 0.29) is 17.2 Å². The Morgan fingerprint density at radius 1 is 1.67 bits per heavy atom. The molecule has 1 saturated carbocycles. The quantitative estimate of drug-likeness (QED) is 0.492. The number of rotatable bonds is 1. The summed E-state index contributed by atoms with van der Waals surface area (Å²) >= 11 is 5.97. The summed E-state index contributed by atoms with van der Waals surface area (Å²) in [5.74, 6) is 0.125. The van der Waals surface area contributed by atoms with Gasteiger partial charge in [-0.2, -0.15) is 0 Å². The van der Waals surface area contributed by atoms with E-state index in [4.69, 9.17) is 11.6 Å². The molecule has 1 fully saturated rings. The van der Waals surface area contributed by atoms with Crippen LogP contribution in [0, 0.1) is 5.92 Å². The van der Waals surface area contributed by atoms with Crippen LogP contribution < -0.4 is 5.32 Å². The van der Waals surface area contributed by atoms with E-state index in [0.29, 0.717) is 0 Å². The molecule has 0 aliphatic heterocycles. The zero-order valence-electron chi connectivity index (χ0n) is 7.27. The fourth-order valence-corrected chi connectivity index (χ4v) is 2.06. The molecule has 1 amide bonds. The molecule has 12 heavy (non-hydrogen) atoms. The van der Waals surface area contributed by atoms with Crippen molar-refractivity contribution in [2.75, 3.05) is 7.05 Å². The molecule has 2 unspecified atom stereocenters. The molecule has 1 N–H and O–H groups in total. The van der Waals surface area contributed by atoms with Gasteiger partial charge < -0.3 is 5.32 Å². The van der Waals surface area contributed by atoms with Gasteiger partial charge in [0.1, 0.15) is 0 Å². The molecule has 0 spiro atoms. The van der Waals surface area contributed by atoms with Gasteiger partial charge in [0.2, 0.25) is 5.91 Å². The largest absolute Gasteiger partial charge is 0.359 e. The van der Waals surface area contributed by atoms with E-state index in [2.05, 4.69) is 11.9 Å². The highest BCUT2D eigenvalue weighted by Gasteiger charge is 2.26. The molecule has 68 valence electrons. The summed E-state index contributed by atoms with van der Waals surface area (Å²) in [6.45, 7) is 3.87. The smallest absolute Gasteiger partial charge is 0.223 e. The number of halogens is 1. The van der Waals surface area contributed by atoms with E-state index >= 15 is 0 Å². The van der Waals surface area contributed by atoms with E-state index in [9.17, 15) is 4.79 Å². The number of amides is 1. The lowest BCUT2D eigenvalue weighted by atomic mass is 9.85. The highest BCUT2D eigenvalue weighted by atomic mass is 35.5. The van der Waals surface area contributed by atoms with Gasteiger partial charge in [-0.3, -0.25) is 4.79 Å². The maximum atomic E-state index is 11.2.